The molecule has 1 saturated carbocycles. The highest BCUT2D eigenvalue weighted by atomic mass is 16.3. The molecule has 1 fully saturated rings. The number of rotatable bonds is 5. The van der Waals surface area contributed by atoms with Gasteiger partial charge in [0.2, 0.25) is 0 Å². The molecular formula is C14H21NO2. The molecule has 3 nitrogen and oxygen atoms in total. The molecule has 1 aromatic rings. The molecule has 2 rings (SSSR count). The predicted molar refractivity (Wildman–Crippen MR) is 68.1 cm³/mol. The Hall–Kier alpha value is -1.22. The van der Waals surface area contributed by atoms with Crippen molar-refractivity contribution >= 4 is 0 Å². The lowest BCUT2D eigenvalue weighted by molar-refractivity contribution is 0.411. The molecule has 3 N–H and O–H groups in total. The first-order valence-electron chi connectivity index (χ1n) is 6.31. The van der Waals surface area contributed by atoms with E-state index in [1.807, 2.05) is 0 Å². The molecule has 3 heteroatoms. The molecule has 1 atom stereocenters. The SMILES string of the molecule is CCC1(CNC(C)c2cc(O)cc(O)c2)CC1. The van der Waals surface area contributed by atoms with Crippen molar-refractivity contribution in [1.82, 2.24) is 5.32 Å². The summed E-state index contributed by atoms with van der Waals surface area (Å²) in [7, 11) is 0. The van der Waals surface area contributed by atoms with Gasteiger partial charge in [0.05, 0.1) is 0 Å². The van der Waals surface area contributed by atoms with Crippen molar-refractivity contribution in [3.63, 3.8) is 0 Å². The monoisotopic (exact) mass is 235 g/mol. The number of benzene rings is 1. The van der Waals surface area contributed by atoms with E-state index < -0.39 is 0 Å². The van der Waals surface area contributed by atoms with Gasteiger partial charge in [-0.2, -0.15) is 0 Å². The maximum absolute atomic E-state index is 9.44. The largest absolute Gasteiger partial charge is 0.508 e. The fourth-order valence-corrected chi connectivity index (χ4v) is 2.19. The molecule has 17 heavy (non-hydrogen) atoms. The second-order valence-corrected chi connectivity index (χ2v) is 5.24. The zero-order chi connectivity index (χ0) is 12.5. The van der Waals surface area contributed by atoms with Crippen LogP contribution in [0.2, 0.25) is 0 Å². The van der Waals surface area contributed by atoms with Crippen LogP contribution in [-0.4, -0.2) is 16.8 Å². The molecule has 1 unspecified atom stereocenters. The molecule has 0 aromatic heterocycles. The van der Waals surface area contributed by atoms with E-state index in [2.05, 4.69) is 19.2 Å². The van der Waals surface area contributed by atoms with Crippen molar-refractivity contribution < 1.29 is 10.2 Å². The minimum atomic E-state index is 0.116. The first-order chi connectivity index (χ1) is 8.04. The van der Waals surface area contributed by atoms with Crippen molar-refractivity contribution in [2.24, 2.45) is 5.41 Å². The van der Waals surface area contributed by atoms with Crippen LogP contribution in [-0.2, 0) is 0 Å². The van der Waals surface area contributed by atoms with Crippen molar-refractivity contribution in [3.05, 3.63) is 23.8 Å². The van der Waals surface area contributed by atoms with Crippen LogP contribution in [0.4, 0.5) is 0 Å². The lowest BCUT2D eigenvalue weighted by Crippen LogP contribution is -2.26. The first-order valence-corrected chi connectivity index (χ1v) is 6.31. The summed E-state index contributed by atoms with van der Waals surface area (Å²) in [5.41, 5.74) is 1.43. The quantitative estimate of drug-likeness (QED) is 0.735. The third-order valence-corrected chi connectivity index (χ3v) is 3.92. The van der Waals surface area contributed by atoms with Crippen LogP contribution in [0.15, 0.2) is 18.2 Å². The lowest BCUT2D eigenvalue weighted by atomic mass is 10.0. The maximum Gasteiger partial charge on any atom is 0.119 e. The highest BCUT2D eigenvalue weighted by Gasteiger charge is 2.40. The van der Waals surface area contributed by atoms with Gasteiger partial charge >= 0.3 is 0 Å². The van der Waals surface area contributed by atoms with Crippen molar-refractivity contribution in [2.75, 3.05) is 6.54 Å². The molecule has 0 amide bonds. The van der Waals surface area contributed by atoms with Gasteiger partial charge in [0.15, 0.2) is 0 Å². The number of aromatic hydroxyl groups is 2. The van der Waals surface area contributed by atoms with E-state index in [0.717, 1.165) is 12.1 Å². The molecule has 0 saturated heterocycles. The second kappa shape index (κ2) is 4.57. The summed E-state index contributed by atoms with van der Waals surface area (Å²) >= 11 is 0. The molecule has 0 aliphatic heterocycles. The van der Waals surface area contributed by atoms with Crippen LogP contribution < -0.4 is 5.32 Å². The van der Waals surface area contributed by atoms with Crippen LogP contribution in [0, 0.1) is 5.41 Å². The highest BCUT2D eigenvalue weighted by molar-refractivity contribution is 5.37. The molecule has 94 valence electrons. The summed E-state index contributed by atoms with van der Waals surface area (Å²) in [5.74, 6) is 0.232. The topological polar surface area (TPSA) is 52.5 Å². The van der Waals surface area contributed by atoms with E-state index >= 15 is 0 Å². The number of phenolic OH excluding ortho intramolecular Hbond substituents is 2. The van der Waals surface area contributed by atoms with E-state index in [9.17, 15) is 10.2 Å². The zero-order valence-electron chi connectivity index (χ0n) is 10.5. The van der Waals surface area contributed by atoms with Crippen LogP contribution in [0.25, 0.3) is 0 Å². The van der Waals surface area contributed by atoms with E-state index in [-0.39, 0.29) is 17.5 Å². The van der Waals surface area contributed by atoms with Crippen molar-refractivity contribution in [2.45, 2.75) is 39.2 Å². The number of hydrogen-bond acceptors (Lipinski definition) is 3. The number of nitrogens with one attached hydrogen (secondary N) is 1. The van der Waals surface area contributed by atoms with Gasteiger partial charge in [0.1, 0.15) is 11.5 Å². The van der Waals surface area contributed by atoms with Gasteiger partial charge in [0, 0.05) is 18.7 Å². The summed E-state index contributed by atoms with van der Waals surface area (Å²) in [5, 5.41) is 22.4. The summed E-state index contributed by atoms with van der Waals surface area (Å²) in [6.07, 6.45) is 3.85. The Bertz CT molecular complexity index is 379. The summed E-state index contributed by atoms with van der Waals surface area (Å²) in [4.78, 5) is 0. The van der Waals surface area contributed by atoms with E-state index in [1.165, 1.54) is 25.3 Å². The van der Waals surface area contributed by atoms with Crippen molar-refractivity contribution in [1.29, 1.82) is 0 Å². The summed E-state index contributed by atoms with van der Waals surface area (Å²) < 4.78 is 0. The Labute approximate surface area is 102 Å². The van der Waals surface area contributed by atoms with Crippen LogP contribution in [0.5, 0.6) is 11.5 Å². The normalized spacial score (nSPS) is 18.9. The molecule has 1 aromatic carbocycles. The van der Waals surface area contributed by atoms with Crippen LogP contribution >= 0.6 is 0 Å². The minimum Gasteiger partial charge on any atom is -0.508 e. The Balaban J connectivity index is 1.97. The van der Waals surface area contributed by atoms with Gasteiger partial charge in [-0.15, -0.1) is 0 Å². The Morgan fingerprint density at radius 2 is 1.82 bits per heavy atom. The Morgan fingerprint density at radius 3 is 2.29 bits per heavy atom. The fourth-order valence-electron chi connectivity index (χ4n) is 2.19. The minimum absolute atomic E-state index is 0.116. The van der Waals surface area contributed by atoms with Gasteiger partial charge in [0.25, 0.3) is 0 Å². The third-order valence-electron chi connectivity index (χ3n) is 3.92. The predicted octanol–water partition coefficient (Wildman–Crippen LogP) is 2.94. The van der Waals surface area contributed by atoms with Crippen LogP contribution in [0.1, 0.15) is 44.7 Å². The van der Waals surface area contributed by atoms with Gasteiger partial charge in [-0.25, -0.2) is 0 Å². The van der Waals surface area contributed by atoms with Crippen LogP contribution in [0.3, 0.4) is 0 Å². The Morgan fingerprint density at radius 1 is 1.24 bits per heavy atom. The molecule has 0 heterocycles. The van der Waals surface area contributed by atoms with E-state index in [1.54, 1.807) is 12.1 Å². The summed E-state index contributed by atoms with van der Waals surface area (Å²) in [6.45, 7) is 5.31. The van der Waals surface area contributed by atoms with Gasteiger partial charge in [-0.3, -0.25) is 0 Å². The highest BCUT2D eigenvalue weighted by Crippen LogP contribution is 2.48. The molecule has 1 aliphatic carbocycles. The molecule has 0 spiro atoms. The standard InChI is InChI=1S/C14H21NO2/c1-3-14(4-5-14)9-15-10(2)11-6-12(16)8-13(17)7-11/h6-8,10,15-17H,3-5,9H2,1-2H3. The average molecular weight is 235 g/mol. The zero-order valence-corrected chi connectivity index (χ0v) is 10.5. The van der Waals surface area contributed by atoms with Crippen molar-refractivity contribution in [3.8, 4) is 11.5 Å². The molecule has 0 radical (unpaired) electrons. The van der Waals surface area contributed by atoms with E-state index in [0.29, 0.717) is 5.41 Å². The molecule has 0 bridgehead atoms. The van der Waals surface area contributed by atoms with Gasteiger partial charge in [-0.05, 0) is 49.3 Å². The molecule has 1 aliphatic rings. The number of hydrogen-bond donors (Lipinski definition) is 3. The molecular weight excluding hydrogens is 214 g/mol. The summed E-state index contributed by atoms with van der Waals surface area (Å²) in [6, 6.07) is 4.90. The van der Waals surface area contributed by atoms with Gasteiger partial charge < -0.3 is 15.5 Å². The third kappa shape index (κ3) is 2.91. The first kappa shape index (κ1) is 12.2. The maximum atomic E-state index is 9.44. The lowest BCUT2D eigenvalue weighted by Gasteiger charge is -2.19. The van der Waals surface area contributed by atoms with E-state index in [4.69, 9.17) is 0 Å². The number of phenols is 2. The Kier molecular flexibility index (Phi) is 3.29. The fraction of sp³-hybridized carbons (Fsp3) is 0.571. The smallest absolute Gasteiger partial charge is 0.119 e. The average Bonchev–Trinajstić information content (AvgIpc) is 3.05. The second-order valence-electron chi connectivity index (χ2n) is 5.24. The van der Waals surface area contributed by atoms with Gasteiger partial charge in [-0.1, -0.05) is 6.92 Å².